The van der Waals surface area contributed by atoms with Gasteiger partial charge in [0.15, 0.2) is 6.10 Å². The van der Waals surface area contributed by atoms with Gasteiger partial charge in [-0.25, -0.2) is 4.79 Å². The lowest BCUT2D eigenvalue weighted by Gasteiger charge is -2.15. The predicted molar refractivity (Wildman–Crippen MR) is 70.6 cm³/mol. The van der Waals surface area contributed by atoms with Crippen LogP contribution in [-0.2, 0) is 4.74 Å². The Balaban J connectivity index is 2.75. The summed E-state index contributed by atoms with van der Waals surface area (Å²) >= 11 is 11.5. The van der Waals surface area contributed by atoms with Gasteiger partial charge in [0.2, 0.25) is 0 Å². The van der Waals surface area contributed by atoms with Crippen LogP contribution in [0.1, 0.15) is 24.2 Å². The van der Waals surface area contributed by atoms with Gasteiger partial charge < -0.3 is 4.74 Å². The zero-order chi connectivity index (χ0) is 12.8. The second-order valence-corrected chi connectivity index (χ2v) is 4.98. The quantitative estimate of drug-likeness (QED) is 0.471. The molecule has 0 radical (unpaired) electrons. The number of allylic oxidation sites excluding steroid dienone is 1. The minimum Gasteiger partial charge on any atom is -0.452 e. The van der Waals surface area contributed by atoms with Crippen molar-refractivity contribution in [2.24, 2.45) is 0 Å². The van der Waals surface area contributed by atoms with E-state index in [9.17, 15) is 4.79 Å². The minimum absolute atomic E-state index is 0.431. The molecule has 0 bridgehead atoms. The summed E-state index contributed by atoms with van der Waals surface area (Å²) in [5.41, 5.74) is 1.47. The van der Waals surface area contributed by atoms with Gasteiger partial charge in [0.25, 0.3) is 0 Å². The first-order chi connectivity index (χ1) is 8.00. The Bertz CT molecular complexity index is 395. The van der Waals surface area contributed by atoms with E-state index in [0.29, 0.717) is 5.56 Å². The summed E-state index contributed by atoms with van der Waals surface area (Å²) in [4.78, 5) is 11.0. The Morgan fingerprint density at radius 3 is 2.29 bits per heavy atom. The van der Waals surface area contributed by atoms with Crippen molar-refractivity contribution in [1.29, 1.82) is 0 Å². The fraction of sp³-hybridized carbons (Fsp3) is 0.308. The molecule has 0 spiro atoms. The number of rotatable bonds is 4. The molecule has 1 aromatic carbocycles. The molecule has 0 fully saturated rings. The Hall–Kier alpha value is -0.990. The molecule has 1 aromatic rings. The fourth-order valence-electron chi connectivity index (χ4n) is 1.25. The van der Waals surface area contributed by atoms with Crippen LogP contribution in [0.2, 0.25) is 0 Å². The lowest BCUT2D eigenvalue weighted by atomic mass is 10.2. The largest absolute Gasteiger partial charge is 0.452 e. The monoisotopic (exact) mass is 272 g/mol. The van der Waals surface area contributed by atoms with Crippen LogP contribution in [0.3, 0.4) is 0 Å². The van der Waals surface area contributed by atoms with Crippen LogP contribution in [0.4, 0.5) is 0 Å². The zero-order valence-corrected chi connectivity index (χ0v) is 11.2. The molecular weight excluding hydrogens is 259 g/mol. The highest BCUT2D eigenvalue weighted by Crippen LogP contribution is 2.16. The molecule has 0 saturated heterocycles. The summed E-state index contributed by atoms with van der Waals surface area (Å²) in [5.74, 6) is -0.431. The number of carbonyl (C=O) groups is 1. The van der Waals surface area contributed by atoms with Gasteiger partial charge in [-0.3, -0.25) is 0 Å². The second-order valence-electron chi connectivity index (χ2n) is 3.81. The summed E-state index contributed by atoms with van der Waals surface area (Å²) in [6.07, 6.45) is 1.10. The number of hydrogen-bond acceptors (Lipinski definition) is 2. The Morgan fingerprint density at radius 1 is 1.24 bits per heavy atom. The third-order valence-corrected chi connectivity index (χ3v) is 2.50. The van der Waals surface area contributed by atoms with Gasteiger partial charge in [0.1, 0.15) is 4.84 Å². The molecule has 1 atom stereocenters. The number of halogens is 2. The zero-order valence-electron chi connectivity index (χ0n) is 9.69. The molecule has 0 N–H and O–H groups in total. The average Bonchev–Trinajstić information content (AvgIpc) is 2.28. The predicted octanol–water partition coefficient (Wildman–Crippen LogP) is 3.98. The maximum absolute atomic E-state index is 11.8. The van der Waals surface area contributed by atoms with E-state index in [1.54, 1.807) is 30.3 Å². The van der Waals surface area contributed by atoms with Gasteiger partial charge in [0.05, 0.1) is 5.56 Å². The number of esters is 1. The number of carbonyl (C=O) groups excluding carboxylic acids is 1. The van der Waals surface area contributed by atoms with Crippen molar-refractivity contribution in [2.45, 2.75) is 24.8 Å². The molecule has 0 aromatic heterocycles. The standard InChI is InChI=1S/C13H14Cl2O2/c1-9(2)8-11(12(14)15)17-13(16)10-6-4-3-5-7-10/h3-8,11-12H,1-2H3. The molecule has 0 heterocycles. The van der Waals surface area contributed by atoms with Crippen LogP contribution in [0.25, 0.3) is 0 Å². The maximum atomic E-state index is 11.8. The number of benzene rings is 1. The fourth-order valence-corrected chi connectivity index (χ4v) is 1.50. The lowest BCUT2D eigenvalue weighted by Crippen LogP contribution is -2.22. The van der Waals surface area contributed by atoms with Crippen LogP contribution in [0.5, 0.6) is 0 Å². The first-order valence-electron chi connectivity index (χ1n) is 5.20. The first-order valence-corrected chi connectivity index (χ1v) is 6.07. The van der Waals surface area contributed by atoms with Crippen LogP contribution in [-0.4, -0.2) is 16.9 Å². The van der Waals surface area contributed by atoms with Crippen LogP contribution in [0, 0.1) is 0 Å². The normalized spacial score (nSPS) is 12.1. The molecule has 0 aliphatic carbocycles. The van der Waals surface area contributed by atoms with Gasteiger partial charge in [-0.05, 0) is 32.1 Å². The van der Waals surface area contributed by atoms with Gasteiger partial charge in [-0.1, -0.05) is 23.8 Å². The summed E-state index contributed by atoms with van der Waals surface area (Å²) in [6, 6.07) is 8.73. The number of ether oxygens (including phenoxy) is 1. The SMILES string of the molecule is CC(C)=CC(OC(=O)c1ccccc1)C(Cl)Cl. The number of hydrogen-bond donors (Lipinski definition) is 0. The highest BCUT2D eigenvalue weighted by atomic mass is 35.5. The maximum Gasteiger partial charge on any atom is 0.338 e. The van der Waals surface area contributed by atoms with Gasteiger partial charge in [-0.2, -0.15) is 0 Å². The van der Waals surface area contributed by atoms with Crippen LogP contribution >= 0.6 is 23.2 Å². The summed E-state index contributed by atoms with van der Waals surface area (Å²) in [5, 5.41) is 0. The van der Waals surface area contributed by atoms with Gasteiger partial charge >= 0.3 is 5.97 Å². The molecule has 4 heteroatoms. The molecule has 92 valence electrons. The van der Waals surface area contributed by atoms with Crippen LogP contribution in [0.15, 0.2) is 42.0 Å². The summed E-state index contributed by atoms with van der Waals surface area (Å²) in [7, 11) is 0. The van der Waals surface area contributed by atoms with Crippen molar-refractivity contribution in [3.63, 3.8) is 0 Å². The van der Waals surface area contributed by atoms with Gasteiger partial charge in [0, 0.05) is 0 Å². The van der Waals surface area contributed by atoms with E-state index in [0.717, 1.165) is 5.57 Å². The smallest absolute Gasteiger partial charge is 0.338 e. The Labute approximate surface area is 111 Å². The third kappa shape index (κ3) is 4.80. The molecule has 2 nitrogen and oxygen atoms in total. The molecular formula is C13H14Cl2O2. The topological polar surface area (TPSA) is 26.3 Å². The minimum atomic E-state index is -0.780. The van der Waals surface area contributed by atoms with E-state index < -0.39 is 16.9 Å². The van der Waals surface area contributed by atoms with E-state index in [1.807, 2.05) is 19.9 Å². The van der Waals surface area contributed by atoms with Crippen molar-refractivity contribution in [3.8, 4) is 0 Å². The van der Waals surface area contributed by atoms with Crippen molar-refractivity contribution >= 4 is 29.2 Å². The lowest BCUT2D eigenvalue weighted by molar-refractivity contribution is 0.0414. The molecule has 0 amide bonds. The van der Waals surface area contributed by atoms with E-state index in [2.05, 4.69) is 0 Å². The van der Waals surface area contributed by atoms with Crippen molar-refractivity contribution in [2.75, 3.05) is 0 Å². The van der Waals surface area contributed by atoms with Crippen molar-refractivity contribution < 1.29 is 9.53 Å². The van der Waals surface area contributed by atoms with Crippen molar-refractivity contribution in [3.05, 3.63) is 47.5 Å². The van der Waals surface area contributed by atoms with Crippen molar-refractivity contribution in [1.82, 2.24) is 0 Å². The highest BCUT2D eigenvalue weighted by Gasteiger charge is 2.19. The highest BCUT2D eigenvalue weighted by molar-refractivity contribution is 6.44. The van der Waals surface area contributed by atoms with Crippen LogP contribution < -0.4 is 0 Å². The summed E-state index contributed by atoms with van der Waals surface area (Å²) < 4.78 is 5.23. The average molecular weight is 273 g/mol. The van der Waals surface area contributed by atoms with E-state index in [-0.39, 0.29) is 0 Å². The number of alkyl halides is 2. The molecule has 0 aliphatic heterocycles. The van der Waals surface area contributed by atoms with E-state index >= 15 is 0 Å². The van der Waals surface area contributed by atoms with E-state index in [4.69, 9.17) is 27.9 Å². The molecule has 0 saturated carbocycles. The molecule has 1 unspecified atom stereocenters. The van der Waals surface area contributed by atoms with Gasteiger partial charge in [-0.15, -0.1) is 23.2 Å². The van der Waals surface area contributed by atoms with E-state index in [1.165, 1.54) is 0 Å². The molecule has 1 rings (SSSR count). The second kappa shape index (κ2) is 6.67. The summed E-state index contributed by atoms with van der Waals surface area (Å²) in [6.45, 7) is 3.78. The molecule has 0 aliphatic rings. The Morgan fingerprint density at radius 2 is 1.82 bits per heavy atom. The first kappa shape index (κ1) is 14.1. The molecule has 17 heavy (non-hydrogen) atoms. The Kier molecular flexibility index (Phi) is 5.52. The third-order valence-electron chi connectivity index (χ3n) is 2.00.